The summed E-state index contributed by atoms with van der Waals surface area (Å²) in [6, 6.07) is 0. The minimum Gasteiger partial charge on any atom is -0.335 e. The third-order valence-electron chi connectivity index (χ3n) is 3.35. The Kier molecular flexibility index (Phi) is 3.64. The molecule has 3 nitrogen and oxygen atoms in total. The number of hydrogen-bond acceptors (Lipinski definition) is 2. The Morgan fingerprint density at radius 2 is 2.38 bits per heavy atom. The quantitative estimate of drug-likeness (QED) is 0.798. The first kappa shape index (κ1) is 11.6. The van der Waals surface area contributed by atoms with Gasteiger partial charge in [0.05, 0.1) is 6.33 Å². The average Bonchev–Trinajstić information content (AvgIpc) is 2.86. The summed E-state index contributed by atoms with van der Waals surface area (Å²) >= 11 is 0. The molecule has 0 saturated heterocycles. The summed E-state index contributed by atoms with van der Waals surface area (Å²) in [6.45, 7) is 10.0. The van der Waals surface area contributed by atoms with E-state index in [0.29, 0.717) is 0 Å². The van der Waals surface area contributed by atoms with Gasteiger partial charge < -0.3 is 9.88 Å². The zero-order chi connectivity index (χ0) is 11.5. The highest BCUT2D eigenvalue weighted by Gasteiger charge is 2.39. The maximum absolute atomic E-state index is 4.24. The van der Waals surface area contributed by atoms with Crippen LogP contribution in [0.1, 0.15) is 38.8 Å². The molecule has 0 radical (unpaired) electrons. The van der Waals surface area contributed by atoms with Gasteiger partial charge in [0.1, 0.15) is 0 Å². The van der Waals surface area contributed by atoms with Crippen molar-refractivity contribution in [1.82, 2.24) is 14.9 Å². The van der Waals surface area contributed by atoms with Crippen molar-refractivity contribution in [3.8, 4) is 0 Å². The van der Waals surface area contributed by atoms with E-state index in [1.54, 1.807) is 0 Å². The molecule has 3 heteroatoms. The van der Waals surface area contributed by atoms with Crippen LogP contribution >= 0.6 is 0 Å². The van der Waals surface area contributed by atoms with Crippen molar-refractivity contribution in [2.45, 2.75) is 39.7 Å². The third-order valence-corrected chi connectivity index (χ3v) is 3.35. The fourth-order valence-corrected chi connectivity index (χ4v) is 2.30. The van der Waals surface area contributed by atoms with E-state index in [1.807, 2.05) is 12.5 Å². The van der Waals surface area contributed by atoms with Crippen molar-refractivity contribution in [1.29, 1.82) is 0 Å². The molecule has 16 heavy (non-hydrogen) atoms. The fraction of sp³-hybridized carbons (Fsp3) is 0.769. The van der Waals surface area contributed by atoms with Crippen LogP contribution in [0, 0.1) is 11.8 Å². The lowest BCUT2D eigenvalue weighted by Crippen LogP contribution is -2.22. The van der Waals surface area contributed by atoms with Gasteiger partial charge in [0.25, 0.3) is 0 Å². The molecule has 1 aromatic rings. The topological polar surface area (TPSA) is 29.9 Å². The molecule has 1 aliphatic carbocycles. The van der Waals surface area contributed by atoms with Gasteiger partial charge in [0, 0.05) is 24.4 Å². The number of imidazole rings is 1. The summed E-state index contributed by atoms with van der Waals surface area (Å²) in [5, 5.41) is 3.55. The summed E-state index contributed by atoms with van der Waals surface area (Å²) in [6.07, 6.45) is 5.32. The lowest BCUT2D eigenvalue weighted by molar-refractivity contribution is 0.530. The number of hydrogen-bond donors (Lipinski definition) is 1. The highest BCUT2D eigenvalue weighted by Crippen LogP contribution is 2.46. The molecule has 0 spiro atoms. The van der Waals surface area contributed by atoms with Crippen molar-refractivity contribution in [2.75, 3.05) is 13.1 Å². The predicted octanol–water partition coefficient (Wildman–Crippen LogP) is 2.25. The Hall–Kier alpha value is -0.830. The van der Waals surface area contributed by atoms with Gasteiger partial charge in [-0.2, -0.15) is 0 Å². The Labute approximate surface area is 98.3 Å². The zero-order valence-corrected chi connectivity index (χ0v) is 10.6. The fourth-order valence-electron chi connectivity index (χ4n) is 2.30. The third kappa shape index (κ3) is 2.64. The van der Waals surface area contributed by atoms with E-state index in [-0.39, 0.29) is 0 Å². The molecular weight excluding hydrogens is 198 g/mol. The summed E-state index contributed by atoms with van der Waals surface area (Å²) < 4.78 is 2.27. The molecule has 1 saturated carbocycles. The molecule has 1 heterocycles. The van der Waals surface area contributed by atoms with Crippen LogP contribution in [0.15, 0.2) is 12.5 Å². The van der Waals surface area contributed by atoms with Crippen molar-refractivity contribution in [3.05, 3.63) is 18.2 Å². The van der Waals surface area contributed by atoms with E-state index in [2.05, 4.69) is 35.6 Å². The second kappa shape index (κ2) is 5.00. The van der Waals surface area contributed by atoms with Gasteiger partial charge in [0.15, 0.2) is 0 Å². The van der Waals surface area contributed by atoms with Gasteiger partial charge in [0.2, 0.25) is 0 Å². The summed E-state index contributed by atoms with van der Waals surface area (Å²) in [5.74, 6) is 2.33. The number of nitrogens with zero attached hydrogens (tertiary/aromatic N) is 2. The molecule has 0 amide bonds. The number of aromatic nitrogens is 2. The van der Waals surface area contributed by atoms with Crippen LogP contribution in [0.2, 0.25) is 0 Å². The van der Waals surface area contributed by atoms with Gasteiger partial charge in [-0.1, -0.05) is 13.8 Å². The van der Waals surface area contributed by atoms with Gasteiger partial charge in [-0.15, -0.1) is 0 Å². The SMILES string of the molecule is CCn1cncc1C1CC1CNCC(C)C. The number of aryl methyl sites for hydroxylation is 1. The van der Waals surface area contributed by atoms with E-state index < -0.39 is 0 Å². The smallest absolute Gasteiger partial charge is 0.0948 e. The van der Waals surface area contributed by atoms with Crippen molar-refractivity contribution < 1.29 is 0 Å². The Morgan fingerprint density at radius 3 is 3.06 bits per heavy atom. The first-order chi connectivity index (χ1) is 7.72. The molecule has 90 valence electrons. The molecule has 2 unspecified atom stereocenters. The largest absolute Gasteiger partial charge is 0.335 e. The monoisotopic (exact) mass is 221 g/mol. The number of rotatable bonds is 6. The Bertz CT molecular complexity index is 330. The summed E-state index contributed by atoms with van der Waals surface area (Å²) in [4.78, 5) is 4.24. The predicted molar refractivity (Wildman–Crippen MR) is 66.5 cm³/mol. The number of nitrogens with one attached hydrogen (secondary N) is 1. The van der Waals surface area contributed by atoms with Crippen molar-refractivity contribution >= 4 is 0 Å². The second-order valence-electron chi connectivity index (χ2n) is 5.26. The first-order valence-corrected chi connectivity index (χ1v) is 6.43. The minimum absolute atomic E-state index is 0.748. The van der Waals surface area contributed by atoms with Crippen LogP contribution in [0.3, 0.4) is 0 Å². The molecule has 1 fully saturated rings. The molecule has 0 bridgehead atoms. The van der Waals surface area contributed by atoms with Crippen LogP contribution < -0.4 is 5.32 Å². The van der Waals surface area contributed by atoms with Gasteiger partial charge in [-0.05, 0) is 38.3 Å². The second-order valence-corrected chi connectivity index (χ2v) is 5.26. The van der Waals surface area contributed by atoms with E-state index in [9.17, 15) is 0 Å². The lowest BCUT2D eigenvalue weighted by Gasteiger charge is -2.07. The first-order valence-electron chi connectivity index (χ1n) is 6.43. The van der Waals surface area contributed by atoms with Gasteiger partial charge in [-0.3, -0.25) is 0 Å². The summed E-state index contributed by atoms with van der Waals surface area (Å²) in [5.41, 5.74) is 1.43. The Balaban J connectivity index is 1.78. The highest BCUT2D eigenvalue weighted by atomic mass is 15.0. The molecule has 1 aliphatic rings. The van der Waals surface area contributed by atoms with E-state index in [4.69, 9.17) is 0 Å². The van der Waals surface area contributed by atoms with E-state index >= 15 is 0 Å². The van der Waals surface area contributed by atoms with E-state index in [1.165, 1.54) is 12.1 Å². The maximum atomic E-state index is 4.24. The molecule has 2 atom stereocenters. The molecular formula is C13H23N3. The Morgan fingerprint density at radius 1 is 1.56 bits per heavy atom. The highest BCUT2D eigenvalue weighted by molar-refractivity contribution is 5.16. The normalized spacial score (nSPS) is 24.0. The average molecular weight is 221 g/mol. The molecule has 1 aromatic heterocycles. The van der Waals surface area contributed by atoms with E-state index in [0.717, 1.165) is 37.4 Å². The van der Waals surface area contributed by atoms with Gasteiger partial charge >= 0.3 is 0 Å². The standard InChI is InChI=1S/C13H23N3/c1-4-16-9-15-8-13(16)12-5-11(12)7-14-6-10(2)3/h8-12,14H,4-7H2,1-3H3. The van der Waals surface area contributed by atoms with Crippen LogP contribution in [0.5, 0.6) is 0 Å². The molecule has 1 N–H and O–H groups in total. The van der Waals surface area contributed by atoms with Crippen LogP contribution in [-0.4, -0.2) is 22.6 Å². The van der Waals surface area contributed by atoms with Crippen LogP contribution in [-0.2, 0) is 6.54 Å². The lowest BCUT2D eigenvalue weighted by atomic mass is 10.2. The maximum Gasteiger partial charge on any atom is 0.0948 e. The molecule has 0 aliphatic heterocycles. The molecule has 0 aromatic carbocycles. The summed E-state index contributed by atoms with van der Waals surface area (Å²) in [7, 11) is 0. The zero-order valence-electron chi connectivity index (χ0n) is 10.6. The van der Waals surface area contributed by atoms with Crippen LogP contribution in [0.25, 0.3) is 0 Å². The van der Waals surface area contributed by atoms with Crippen LogP contribution in [0.4, 0.5) is 0 Å². The van der Waals surface area contributed by atoms with Crippen molar-refractivity contribution in [3.63, 3.8) is 0 Å². The van der Waals surface area contributed by atoms with Crippen molar-refractivity contribution in [2.24, 2.45) is 11.8 Å². The minimum atomic E-state index is 0.748. The van der Waals surface area contributed by atoms with Gasteiger partial charge in [-0.25, -0.2) is 4.98 Å². The molecule has 2 rings (SSSR count).